The van der Waals surface area contributed by atoms with Gasteiger partial charge in [0.1, 0.15) is 11.1 Å². The first-order valence-electron chi connectivity index (χ1n) is 14.3. The molecule has 3 aromatic rings. The summed E-state index contributed by atoms with van der Waals surface area (Å²) < 4.78 is 43.8. The molecule has 2 heterocycles. The lowest BCUT2D eigenvalue weighted by atomic mass is 10.1. The molecule has 1 fully saturated rings. The molecule has 11 nitrogen and oxygen atoms in total. The number of anilines is 1. The fourth-order valence-electron chi connectivity index (χ4n) is 4.38. The van der Waals surface area contributed by atoms with Crippen molar-refractivity contribution in [1.29, 1.82) is 0 Å². The summed E-state index contributed by atoms with van der Waals surface area (Å²) in [4.78, 5) is 29.7. The number of rotatable bonds is 10. The van der Waals surface area contributed by atoms with Gasteiger partial charge in [-0.15, -0.1) is 11.3 Å². The minimum Gasteiger partial charge on any atom is -0.446 e. The van der Waals surface area contributed by atoms with Crippen LogP contribution in [-0.4, -0.2) is 49.0 Å². The maximum Gasteiger partial charge on any atom is 0.417 e. The van der Waals surface area contributed by atoms with E-state index in [0.717, 1.165) is 17.0 Å². The van der Waals surface area contributed by atoms with Crippen LogP contribution in [0.25, 0.3) is 10.4 Å². The predicted octanol–water partition coefficient (Wildman–Crippen LogP) is 6.21. The fourth-order valence-corrected chi connectivity index (χ4v) is 7.87. The normalized spacial score (nSPS) is 17.2. The van der Waals surface area contributed by atoms with Crippen molar-refractivity contribution >= 4 is 51.1 Å². The van der Waals surface area contributed by atoms with Crippen LogP contribution >= 0.6 is 23.3 Å². The zero-order valence-electron chi connectivity index (χ0n) is 25.4. The highest BCUT2D eigenvalue weighted by Gasteiger charge is 2.29. The lowest BCUT2D eigenvalue weighted by molar-refractivity contribution is 0.0185. The number of nitrogens with zero attached hydrogens (tertiary/aromatic N) is 1. The molecular weight excluding hydrogens is 623 g/mol. The quantitative estimate of drug-likeness (QED) is 0.188. The Bertz CT molecular complexity index is 1530. The molecule has 44 heavy (non-hydrogen) atoms. The average Bonchev–Trinajstić information content (AvgIpc) is 3.44. The minimum atomic E-state index is -3.98. The molecule has 238 valence electrons. The summed E-state index contributed by atoms with van der Waals surface area (Å²) in [5.74, 6) is 0. The zero-order chi connectivity index (χ0) is 31.9. The molecule has 1 aromatic heterocycles. The highest BCUT2D eigenvalue weighted by Crippen LogP contribution is 2.39. The number of thiazole rings is 1. The Morgan fingerprint density at radius 1 is 1.14 bits per heavy atom. The summed E-state index contributed by atoms with van der Waals surface area (Å²) in [5.41, 5.74) is 1.02. The van der Waals surface area contributed by atoms with E-state index in [2.05, 4.69) is 25.1 Å². The van der Waals surface area contributed by atoms with Crippen molar-refractivity contribution in [3.63, 3.8) is 0 Å². The Balaban J connectivity index is 1.47. The molecule has 14 heteroatoms. The number of benzene rings is 2. The second-order valence-corrected chi connectivity index (χ2v) is 15.4. The van der Waals surface area contributed by atoms with Crippen molar-refractivity contribution in [2.45, 2.75) is 81.9 Å². The number of hydrogen-bond donors (Lipinski definition) is 4. The van der Waals surface area contributed by atoms with Crippen molar-refractivity contribution in [1.82, 2.24) is 19.7 Å². The number of amides is 3. The Kier molecular flexibility index (Phi) is 11.3. The van der Waals surface area contributed by atoms with E-state index in [9.17, 15) is 18.0 Å². The third kappa shape index (κ3) is 9.92. The molecule has 0 radical (unpaired) electrons. The first-order chi connectivity index (χ1) is 20.8. The van der Waals surface area contributed by atoms with Gasteiger partial charge in [0.2, 0.25) is 10.0 Å². The van der Waals surface area contributed by atoms with Gasteiger partial charge in [0, 0.05) is 34.8 Å². The second kappa shape index (κ2) is 14.7. The van der Waals surface area contributed by atoms with Crippen molar-refractivity contribution in [3.8, 4) is 10.4 Å². The van der Waals surface area contributed by atoms with Gasteiger partial charge in [0.25, 0.3) is 0 Å². The Labute approximate surface area is 267 Å². The molecular formula is C30H39N5O6S3. The summed E-state index contributed by atoms with van der Waals surface area (Å²) in [6, 6.07) is 13.8. The summed E-state index contributed by atoms with van der Waals surface area (Å²) >= 11 is 2.66. The van der Waals surface area contributed by atoms with Gasteiger partial charge in [-0.3, -0.25) is 4.72 Å². The Hall–Kier alpha value is -3.17. The molecule has 0 spiro atoms. The van der Waals surface area contributed by atoms with Gasteiger partial charge in [0.05, 0.1) is 22.5 Å². The van der Waals surface area contributed by atoms with Crippen molar-refractivity contribution in [2.24, 2.45) is 0 Å². The number of ether oxygens (including phenoxy) is 2. The molecule has 4 rings (SSSR count). The van der Waals surface area contributed by atoms with E-state index in [1.54, 1.807) is 52.9 Å². The Morgan fingerprint density at radius 2 is 1.89 bits per heavy atom. The third-order valence-electron chi connectivity index (χ3n) is 6.22. The molecule has 1 aliphatic rings. The van der Waals surface area contributed by atoms with Crippen LogP contribution in [0.4, 0.5) is 15.3 Å². The SMILES string of the molecule is CC(C)OC(=O)NS[C@@H]1CC[C@@H](c2ncc(-c3ccc(NC(=O)NCc4ccccc4)cc3S(=O)(=O)NC(C)(C)C)s2)OC1. The first kappa shape index (κ1) is 33.7. The minimum absolute atomic E-state index is 0.0314. The topological polar surface area (TPSA) is 148 Å². The largest absolute Gasteiger partial charge is 0.446 e. The van der Waals surface area contributed by atoms with Gasteiger partial charge in [0.15, 0.2) is 0 Å². The highest BCUT2D eigenvalue weighted by atomic mass is 32.2. The van der Waals surface area contributed by atoms with Crippen LogP contribution in [0.5, 0.6) is 0 Å². The first-order valence-corrected chi connectivity index (χ1v) is 17.4. The maximum absolute atomic E-state index is 13.6. The molecule has 4 N–H and O–H groups in total. The number of nitrogens with one attached hydrogen (secondary N) is 4. The maximum atomic E-state index is 13.6. The van der Waals surface area contributed by atoms with E-state index in [1.807, 2.05) is 30.3 Å². The van der Waals surface area contributed by atoms with Gasteiger partial charge in [-0.25, -0.2) is 27.7 Å². The van der Waals surface area contributed by atoms with E-state index in [1.165, 1.54) is 29.4 Å². The molecule has 2 aromatic carbocycles. The van der Waals surface area contributed by atoms with E-state index in [0.29, 0.717) is 35.7 Å². The van der Waals surface area contributed by atoms with Gasteiger partial charge < -0.3 is 20.1 Å². The number of aromatic nitrogens is 1. The number of sulfonamides is 1. The average molecular weight is 662 g/mol. The second-order valence-electron chi connectivity index (χ2n) is 11.6. The van der Waals surface area contributed by atoms with Crippen molar-refractivity contribution < 1.29 is 27.5 Å². The van der Waals surface area contributed by atoms with Crippen LogP contribution in [0.3, 0.4) is 0 Å². The predicted molar refractivity (Wildman–Crippen MR) is 174 cm³/mol. The monoisotopic (exact) mass is 661 g/mol. The van der Waals surface area contributed by atoms with Crippen LogP contribution in [0.15, 0.2) is 59.6 Å². The van der Waals surface area contributed by atoms with Gasteiger partial charge in [-0.2, -0.15) is 0 Å². The van der Waals surface area contributed by atoms with E-state index in [-0.39, 0.29) is 22.4 Å². The lowest BCUT2D eigenvalue weighted by Crippen LogP contribution is -2.40. The molecule has 0 bridgehead atoms. The smallest absolute Gasteiger partial charge is 0.417 e. The van der Waals surface area contributed by atoms with Crippen LogP contribution in [0.1, 0.15) is 64.1 Å². The summed E-state index contributed by atoms with van der Waals surface area (Å²) in [7, 11) is -3.98. The molecule has 0 aliphatic carbocycles. The highest BCUT2D eigenvalue weighted by molar-refractivity contribution is 7.98. The van der Waals surface area contributed by atoms with Crippen LogP contribution < -0.4 is 20.1 Å². The lowest BCUT2D eigenvalue weighted by Gasteiger charge is -2.27. The van der Waals surface area contributed by atoms with E-state index < -0.39 is 27.7 Å². The summed E-state index contributed by atoms with van der Waals surface area (Å²) in [5, 5.41) is 6.35. The van der Waals surface area contributed by atoms with Crippen molar-refractivity contribution in [2.75, 3.05) is 11.9 Å². The zero-order valence-corrected chi connectivity index (χ0v) is 27.8. The Morgan fingerprint density at radius 3 is 2.55 bits per heavy atom. The fraction of sp³-hybridized carbons (Fsp3) is 0.433. The summed E-state index contributed by atoms with van der Waals surface area (Å²) in [6.07, 6.45) is 2.24. The number of carbonyl (C=O) groups is 2. The van der Waals surface area contributed by atoms with Gasteiger partial charge in [-0.1, -0.05) is 36.4 Å². The molecule has 0 unspecified atom stereocenters. The molecule has 2 atom stereocenters. The summed E-state index contributed by atoms with van der Waals surface area (Å²) in [6.45, 7) is 9.63. The van der Waals surface area contributed by atoms with Crippen LogP contribution in [-0.2, 0) is 26.0 Å². The van der Waals surface area contributed by atoms with Crippen LogP contribution in [0, 0.1) is 0 Å². The van der Waals surface area contributed by atoms with Gasteiger partial charge in [-0.05, 0) is 77.1 Å². The third-order valence-corrected chi connectivity index (χ3v) is 10.1. The molecule has 1 aliphatic heterocycles. The van der Waals surface area contributed by atoms with Crippen LogP contribution in [0.2, 0.25) is 0 Å². The van der Waals surface area contributed by atoms with E-state index in [4.69, 9.17) is 9.47 Å². The molecule has 3 amide bonds. The standard InChI is InChI=1S/C30H39N5O6S3/c1-19(2)41-29(37)34-43-22-12-14-24(40-18-22)27-31-17-25(42-27)23-13-11-21(15-26(23)44(38,39)35-30(3,4)5)33-28(36)32-16-20-9-7-6-8-10-20/h6-11,13,15,17,19,22,24,35H,12,14,16,18H2,1-5H3,(H,34,37)(H2,32,33,36)/t22-,24+/m1/s1. The van der Waals surface area contributed by atoms with Crippen molar-refractivity contribution in [3.05, 3.63) is 65.3 Å². The number of urea groups is 1. The molecule has 0 saturated carbocycles. The van der Waals surface area contributed by atoms with E-state index >= 15 is 0 Å². The van der Waals surface area contributed by atoms with Gasteiger partial charge >= 0.3 is 12.1 Å². The number of carbonyl (C=O) groups excluding carboxylic acids is 2. The number of hydrogen-bond acceptors (Lipinski definition) is 9. The molecule has 1 saturated heterocycles.